The molecule has 2 rings (SSSR count). The molecule has 1 heterocycles. The molecule has 0 unspecified atom stereocenters. The molecule has 0 fully saturated rings. The highest BCUT2D eigenvalue weighted by Crippen LogP contribution is 2.27. The van der Waals surface area contributed by atoms with E-state index in [9.17, 15) is 9.18 Å². The van der Waals surface area contributed by atoms with Crippen molar-refractivity contribution in [1.29, 1.82) is 0 Å². The van der Waals surface area contributed by atoms with Crippen molar-refractivity contribution in [2.45, 2.75) is 20.8 Å². The van der Waals surface area contributed by atoms with Gasteiger partial charge in [-0.3, -0.25) is 4.98 Å². The molecule has 4 nitrogen and oxygen atoms in total. The van der Waals surface area contributed by atoms with Gasteiger partial charge in [0, 0.05) is 6.20 Å². The number of aromatic carboxylic acids is 1. The summed E-state index contributed by atoms with van der Waals surface area (Å²) in [4.78, 5) is 14.9. The number of pyridine rings is 1. The third kappa shape index (κ3) is 4.16. The molecule has 0 radical (unpaired) electrons. The first kappa shape index (κ1) is 16.9. The van der Waals surface area contributed by atoms with E-state index >= 15 is 0 Å². The molecule has 1 aromatic carbocycles. The van der Waals surface area contributed by atoms with Crippen molar-refractivity contribution < 1.29 is 14.3 Å². The van der Waals surface area contributed by atoms with Gasteiger partial charge in [0.25, 0.3) is 0 Å². The molecule has 0 atom stereocenters. The van der Waals surface area contributed by atoms with Crippen LogP contribution in [-0.4, -0.2) is 16.1 Å². The topological polar surface area (TPSA) is 62.2 Å². The average Bonchev–Trinajstić information content (AvgIpc) is 2.44. The molecule has 1 aromatic heterocycles. The van der Waals surface area contributed by atoms with Gasteiger partial charge in [-0.05, 0) is 24.6 Å². The number of carbonyl (C=O) groups is 1. The fourth-order valence-corrected chi connectivity index (χ4v) is 1.85. The van der Waals surface area contributed by atoms with E-state index in [1.165, 1.54) is 24.5 Å². The largest absolute Gasteiger partial charge is 0.478 e. The number of hydrogen-bond acceptors (Lipinski definition) is 3. The Balaban J connectivity index is 0.00000106. The summed E-state index contributed by atoms with van der Waals surface area (Å²) in [6, 6.07) is 4.59. The molecular formula is C15H16ClFN2O2. The molecule has 0 aliphatic heterocycles. The second kappa shape index (κ2) is 7.59. The number of aryl methyl sites for hydroxylation is 1. The first-order valence-electron chi connectivity index (χ1n) is 6.39. The van der Waals surface area contributed by atoms with E-state index < -0.39 is 11.8 Å². The highest BCUT2D eigenvalue weighted by molar-refractivity contribution is 6.34. The van der Waals surface area contributed by atoms with Crippen LogP contribution in [0.3, 0.4) is 0 Å². The second-order valence-electron chi connectivity index (χ2n) is 3.96. The van der Waals surface area contributed by atoms with Crippen molar-refractivity contribution in [2.75, 3.05) is 5.32 Å². The molecule has 2 N–H and O–H groups in total. The molecule has 0 aliphatic rings. The lowest BCUT2D eigenvalue weighted by Crippen LogP contribution is -2.05. The smallest absolute Gasteiger partial charge is 0.339 e. The van der Waals surface area contributed by atoms with E-state index in [0.717, 1.165) is 5.56 Å². The molecule has 6 heteroatoms. The number of aromatic nitrogens is 1. The van der Waals surface area contributed by atoms with Crippen LogP contribution in [0.4, 0.5) is 15.8 Å². The zero-order valence-corrected chi connectivity index (χ0v) is 12.7. The van der Waals surface area contributed by atoms with Crippen molar-refractivity contribution in [1.82, 2.24) is 4.98 Å². The molecule has 0 spiro atoms. The van der Waals surface area contributed by atoms with Gasteiger partial charge in [0.05, 0.1) is 22.6 Å². The van der Waals surface area contributed by atoms with E-state index in [1.807, 2.05) is 13.8 Å². The Kier molecular flexibility index (Phi) is 6.11. The molecule has 2 aromatic rings. The number of anilines is 2. The van der Waals surface area contributed by atoms with Crippen molar-refractivity contribution in [3.63, 3.8) is 0 Å². The second-order valence-corrected chi connectivity index (χ2v) is 4.36. The predicted molar refractivity (Wildman–Crippen MR) is 82.0 cm³/mol. The van der Waals surface area contributed by atoms with Crippen LogP contribution in [0.5, 0.6) is 0 Å². The number of carboxylic acid groups (broad SMARTS) is 1. The van der Waals surface area contributed by atoms with Crippen LogP contribution < -0.4 is 5.32 Å². The Morgan fingerprint density at radius 3 is 2.52 bits per heavy atom. The standard InChI is InChI=1S/C13H10ClFN2O2.C2H6/c1-7-2-3-10(9(15)4-7)17-11-6-16-5-8(14)12(11)13(18)19;1-2/h2-6,17H,1H3,(H,18,19);1-2H3. The summed E-state index contributed by atoms with van der Waals surface area (Å²) >= 11 is 5.78. The first-order valence-corrected chi connectivity index (χ1v) is 6.77. The van der Waals surface area contributed by atoms with Crippen molar-refractivity contribution in [2.24, 2.45) is 0 Å². The van der Waals surface area contributed by atoms with Gasteiger partial charge in [-0.25, -0.2) is 9.18 Å². The average molecular weight is 311 g/mol. The number of carboxylic acids is 1. The number of halogens is 2. The van der Waals surface area contributed by atoms with Crippen LogP contribution in [0.2, 0.25) is 5.02 Å². The van der Waals surface area contributed by atoms with Gasteiger partial charge in [-0.1, -0.05) is 31.5 Å². The fourth-order valence-electron chi connectivity index (χ4n) is 1.61. The third-order valence-electron chi connectivity index (χ3n) is 2.51. The zero-order valence-electron chi connectivity index (χ0n) is 11.9. The van der Waals surface area contributed by atoms with Gasteiger partial charge >= 0.3 is 5.97 Å². The Labute approximate surface area is 127 Å². The van der Waals surface area contributed by atoms with Crippen molar-refractivity contribution >= 4 is 28.9 Å². The lowest BCUT2D eigenvalue weighted by Gasteiger charge is -2.11. The van der Waals surface area contributed by atoms with Crippen molar-refractivity contribution in [3.8, 4) is 0 Å². The molecule has 0 saturated carbocycles. The summed E-state index contributed by atoms with van der Waals surface area (Å²) in [7, 11) is 0. The predicted octanol–water partition coefficient (Wildman–Crippen LogP) is 4.65. The van der Waals surface area contributed by atoms with Crippen LogP contribution in [-0.2, 0) is 0 Å². The maximum atomic E-state index is 13.7. The van der Waals surface area contributed by atoms with E-state index in [0.29, 0.717) is 0 Å². The van der Waals surface area contributed by atoms with Gasteiger partial charge in [-0.2, -0.15) is 0 Å². The lowest BCUT2D eigenvalue weighted by atomic mass is 10.2. The van der Waals surface area contributed by atoms with Gasteiger partial charge in [0.15, 0.2) is 0 Å². The van der Waals surface area contributed by atoms with Crippen LogP contribution >= 0.6 is 11.6 Å². The van der Waals surface area contributed by atoms with E-state index in [1.54, 1.807) is 13.0 Å². The molecule has 0 amide bonds. The Morgan fingerprint density at radius 2 is 1.95 bits per heavy atom. The number of hydrogen-bond donors (Lipinski definition) is 2. The molecular weight excluding hydrogens is 295 g/mol. The molecule has 112 valence electrons. The number of benzene rings is 1. The maximum absolute atomic E-state index is 13.7. The van der Waals surface area contributed by atoms with Crippen molar-refractivity contribution in [3.05, 3.63) is 52.6 Å². The Hall–Kier alpha value is -2.14. The minimum atomic E-state index is -1.21. The highest BCUT2D eigenvalue weighted by atomic mass is 35.5. The summed E-state index contributed by atoms with van der Waals surface area (Å²) in [5.41, 5.74) is 0.933. The monoisotopic (exact) mass is 310 g/mol. The van der Waals surface area contributed by atoms with E-state index in [4.69, 9.17) is 16.7 Å². The Bertz CT molecular complexity index is 648. The molecule has 0 bridgehead atoms. The number of rotatable bonds is 3. The summed E-state index contributed by atoms with van der Waals surface area (Å²) < 4.78 is 13.7. The van der Waals surface area contributed by atoms with Gasteiger partial charge < -0.3 is 10.4 Å². The minimum absolute atomic E-state index is 0.00924. The quantitative estimate of drug-likeness (QED) is 0.866. The Morgan fingerprint density at radius 1 is 1.29 bits per heavy atom. The minimum Gasteiger partial charge on any atom is -0.478 e. The summed E-state index contributed by atoms with van der Waals surface area (Å²) in [6.45, 7) is 5.76. The first-order chi connectivity index (χ1) is 9.99. The lowest BCUT2D eigenvalue weighted by molar-refractivity contribution is 0.0698. The van der Waals surface area contributed by atoms with E-state index in [2.05, 4.69) is 10.3 Å². The van der Waals surface area contributed by atoms with Gasteiger partial charge in [0.1, 0.15) is 11.4 Å². The SMILES string of the molecule is CC.Cc1ccc(Nc2cncc(Cl)c2C(=O)O)c(F)c1. The molecule has 0 aliphatic carbocycles. The van der Waals surface area contributed by atoms with Crippen LogP contribution in [0.15, 0.2) is 30.6 Å². The highest BCUT2D eigenvalue weighted by Gasteiger charge is 2.16. The summed E-state index contributed by atoms with van der Waals surface area (Å²) in [5.74, 6) is -1.68. The summed E-state index contributed by atoms with van der Waals surface area (Å²) in [6.07, 6.45) is 2.51. The van der Waals surface area contributed by atoms with Gasteiger partial charge in [-0.15, -0.1) is 0 Å². The number of nitrogens with zero attached hydrogens (tertiary/aromatic N) is 1. The van der Waals surface area contributed by atoms with Crippen LogP contribution in [0.1, 0.15) is 29.8 Å². The van der Waals surface area contributed by atoms with Crippen LogP contribution in [0.25, 0.3) is 0 Å². The normalized spacial score (nSPS) is 9.57. The number of nitrogens with one attached hydrogen (secondary N) is 1. The molecule has 21 heavy (non-hydrogen) atoms. The summed E-state index contributed by atoms with van der Waals surface area (Å²) in [5, 5.41) is 11.8. The fraction of sp³-hybridized carbons (Fsp3) is 0.200. The molecule has 0 saturated heterocycles. The zero-order chi connectivity index (χ0) is 16.0. The van der Waals surface area contributed by atoms with E-state index in [-0.39, 0.29) is 22.0 Å². The van der Waals surface area contributed by atoms with Crippen LogP contribution in [0, 0.1) is 12.7 Å². The maximum Gasteiger partial charge on any atom is 0.339 e. The third-order valence-corrected chi connectivity index (χ3v) is 2.79. The van der Waals surface area contributed by atoms with Gasteiger partial charge in [0.2, 0.25) is 0 Å².